The van der Waals surface area contributed by atoms with Crippen molar-refractivity contribution in [3.05, 3.63) is 74.4 Å². The fourth-order valence-electron chi connectivity index (χ4n) is 5.16. The second-order valence-corrected chi connectivity index (χ2v) is 10.7. The number of anilines is 1. The second kappa shape index (κ2) is 10.8. The third-order valence-corrected chi connectivity index (χ3v) is 7.37. The van der Waals surface area contributed by atoms with Gasteiger partial charge in [0.2, 0.25) is 0 Å². The first kappa shape index (κ1) is 26.2. The van der Waals surface area contributed by atoms with E-state index in [0.29, 0.717) is 53.3 Å². The van der Waals surface area contributed by atoms with Crippen LogP contribution in [0.25, 0.3) is 10.9 Å². The molecule has 1 saturated carbocycles. The van der Waals surface area contributed by atoms with Gasteiger partial charge in [-0.3, -0.25) is 18.7 Å². The number of nitrogens with one attached hydrogen (secondary N) is 2. The van der Waals surface area contributed by atoms with Crippen molar-refractivity contribution in [2.24, 2.45) is 5.92 Å². The van der Waals surface area contributed by atoms with Gasteiger partial charge in [0.1, 0.15) is 0 Å². The summed E-state index contributed by atoms with van der Waals surface area (Å²) < 4.78 is 2.96. The number of carbonyl (C=O) groups excluding carboxylic acids is 2. The molecule has 1 aliphatic heterocycles. The van der Waals surface area contributed by atoms with Crippen LogP contribution in [0.3, 0.4) is 0 Å². The molecule has 1 atom stereocenters. The highest BCUT2D eigenvalue weighted by Gasteiger charge is 2.27. The summed E-state index contributed by atoms with van der Waals surface area (Å²) >= 11 is 0. The Labute approximate surface area is 225 Å². The normalized spacial score (nSPS) is 17.2. The van der Waals surface area contributed by atoms with E-state index < -0.39 is 0 Å². The lowest BCUT2D eigenvalue weighted by Crippen LogP contribution is -2.50. The standard InChI is InChI=1S/C29H32N6O4/c1-18(2)35-25-11-10-22(14-24(25)27(37)34(29(35)39)16-19-8-9-19)32-28(38)33-12-4-7-23(17-33)31-26(36)21-6-3-5-20(13-21)15-30/h3,5-6,10-11,13-14,18-19,23H,4,7-9,12,16-17H2,1-2H3,(H,31,36)(H,32,38)/t23-/m1/s1. The molecule has 0 spiro atoms. The lowest BCUT2D eigenvalue weighted by molar-refractivity contribution is 0.0913. The Morgan fingerprint density at radius 2 is 1.90 bits per heavy atom. The molecule has 2 N–H and O–H groups in total. The van der Waals surface area contributed by atoms with E-state index in [4.69, 9.17) is 5.26 Å². The zero-order valence-electron chi connectivity index (χ0n) is 22.1. The molecule has 3 aromatic rings. The summed E-state index contributed by atoms with van der Waals surface area (Å²) in [5, 5.41) is 15.3. The maximum Gasteiger partial charge on any atom is 0.331 e. The number of likely N-dealkylation sites (tertiary alicyclic amines) is 1. The number of carbonyl (C=O) groups is 2. The first-order chi connectivity index (χ1) is 18.7. The van der Waals surface area contributed by atoms with Gasteiger partial charge in [0.15, 0.2) is 0 Å². The monoisotopic (exact) mass is 528 g/mol. The van der Waals surface area contributed by atoms with Gasteiger partial charge in [0.05, 0.1) is 22.5 Å². The number of fused-ring (bicyclic) bond motifs is 1. The topological polar surface area (TPSA) is 129 Å². The van der Waals surface area contributed by atoms with Crippen LogP contribution in [-0.2, 0) is 6.54 Å². The van der Waals surface area contributed by atoms with Crippen LogP contribution in [0.1, 0.15) is 61.5 Å². The summed E-state index contributed by atoms with van der Waals surface area (Å²) in [5.41, 5.74) is 1.19. The molecule has 2 aromatic carbocycles. The highest BCUT2D eigenvalue weighted by Crippen LogP contribution is 2.30. The maximum absolute atomic E-state index is 13.3. The summed E-state index contributed by atoms with van der Waals surface area (Å²) in [6.07, 6.45) is 3.49. The van der Waals surface area contributed by atoms with Gasteiger partial charge in [-0.1, -0.05) is 6.07 Å². The van der Waals surface area contributed by atoms with Crippen molar-refractivity contribution in [3.63, 3.8) is 0 Å². The Hall–Kier alpha value is -4.39. The lowest BCUT2D eigenvalue weighted by atomic mass is 10.0. The Kier molecular flexibility index (Phi) is 7.24. The number of piperidine rings is 1. The quantitative estimate of drug-likeness (QED) is 0.506. The SMILES string of the molecule is CC(C)n1c(=O)n(CC2CC2)c(=O)c2cc(NC(=O)N3CCC[C@@H](NC(=O)c4cccc(C#N)c4)C3)ccc21. The minimum atomic E-state index is -0.337. The summed E-state index contributed by atoms with van der Waals surface area (Å²) in [4.78, 5) is 53.9. The number of benzene rings is 2. The van der Waals surface area contributed by atoms with Crippen LogP contribution in [0.15, 0.2) is 52.1 Å². The molecule has 0 radical (unpaired) electrons. The average Bonchev–Trinajstić information content (AvgIpc) is 3.75. The van der Waals surface area contributed by atoms with Gasteiger partial charge in [-0.25, -0.2) is 9.59 Å². The summed E-state index contributed by atoms with van der Waals surface area (Å²) in [7, 11) is 0. The van der Waals surface area contributed by atoms with Crippen LogP contribution in [0.4, 0.5) is 10.5 Å². The van der Waals surface area contributed by atoms with Crippen molar-refractivity contribution >= 4 is 28.5 Å². The maximum atomic E-state index is 13.3. The van der Waals surface area contributed by atoms with Crippen molar-refractivity contribution in [2.75, 3.05) is 18.4 Å². The number of urea groups is 1. The Morgan fingerprint density at radius 3 is 2.62 bits per heavy atom. The van der Waals surface area contributed by atoms with Crippen LogP contribution < -0.4 is 21.9 Å². The predicted octanol–water partition coefficient (Wildman–Crippen LogP) is 3.45. The first-order valence-corrected chi connectivity index (χ1v) is 13.4. The lowest BCUT2D eigenvalue weighted by Gasteiger charge is -2.33. The van der Waals surface area contributed by atoms with Gasteiger partial charge >= 0.3 is 11.7 Å². The zero-order chi connectivity index (χ0) is 27.7. The Morgan fingerprint density at radius 1 is 1.10 bits per heavy atom. The fourth-order valence-corrected chi connectivity index (χ4v) is 5.16. The van der Waals surface area contributed by atoms with Gasteiger partial charge in [0.25, 0.3) is 11.5 Å². The van der Waals surface area contributed by atoms with Crippen molar-refractivity contribution < 1.29 is 9.59 Å². The molecule has 2 aliphatic rings. The zero-order valence-corrected chi connectivity index (χ0v) is 22.1. The minimum Gasteiger partial charge on any atom is -0.348 e. The molecular formula is C29H32N6O4. The summed E-state index contributed by atoms with van der Waals surface area (Å²) in [6, 6.07) is 12.9. The number of nitriles is 1. The number of hydrogen-bond acceptors (Lipinski definition) is 5. The molecule has 10 heteroatoms. The summed E-state index contributed by atoms with van der Waals surface area (Å²) in [6.45, 7) is 5.11. The van der Waals surface area contributed by atoms with Crippen molar-refractivity contribution in [1.82, 2.24) is 19.4 Å². The average molecular weight is 529 g/mol. The number of rotatable bonds is 6. The van der Waals surface area contributed by atoms with E-state index in [-0.39, 0.29) is 35.3 Å². The molecule has 0 unspecified atom stereocenters. The van der Waals surface area contributed by atoms with E-state index >= 15 is 0 Å². The predicted molar refractivity (Wildman–Crippen MR) is 148 cm³/mol. The summed E-state index contributed by atoms with van der Waals surface area (Å²) in [5.74, 6) is 0.0757. The van der Waals surface area contributed by atoms with Gasteiger partial charge < -0.3 is 15.5 Å². The van der Waals surface area contributed by atoms with E-state index in [2.05, 4.69) is 10.6 Å². The third-order valence-electron chi connectivity index (χ3n) is 7.37. The molecule has 2 heterocycles. The molecule has 0 bridgehead atoms. The molecular weight excluding hydrogens is 496 g/mol. The van der Waals surface area contributed by atoms with Gasteiger partial charge in [-0.05, 0) is 81.8 Å². The largest absolute Gasteiger partial charge is 0.348 e. The van der Waals surface area contributed by atoms with Gasteiger partial charge in [0, 0.05) is 43.0 Å². The molecule has 5 rings (SSSR count). The van der Waals surface area contributed by atoms with Crippen molar-refractivity contribution in [3.8, 4) is 6.07 Å². The molecule has 10 nitrogen and oxygen atoms in total. The van der Waals surface area contributed by atoms with E-state index in [1.54, 1.807) is 51.9 Å². The highest BCUT2D eigenvalue weighted by molar-refractivity contribution is 5.95. The van der Waals surface area contributed by atoms with Crippen LogP contribution in [0, 0.1) is 17.2 Å². The van der Waals surface area contributed by atoms with E-state index in [1.807, 2.05) is 19.9 Å². The molecule has 2 fully saturated rings. The number of nitrogens with zero attached hydrogens (tertiary/aromatic N) is 4. The van der Waals surface area contributed by atoms with Crippen molar-refractivity contribution in [1.29, 1.82) is 5.26 Å². The van der Waals surface area contributed by atoms with Gasteiger partial charge in [-0.2, -0.15) is 5.26 Å². The second-order valence-electron chi connectivity index (χ2n) is 10.7. The molecule has 1 saturated heterocycles. The van der Waals surface area contributed by atoms with E-state index in [1.165, 1.54) is 4.57 Å². The van der Waals surface area contributed by atoms with Gasteiger partial charge in [-0.15, -0.1) is 0 Å². The van der Waals surface area contributed by atoms with Crippen LogP contribution in [0.2, 0.25) is 0 Å². The third kappa shape index (κ3) is 5.58. The van der Waals surface area contributed by atoms with Crippen LogP contribution >= 0.6 is 0 Å². The molecule has 3 amide bonds. The molecule has 202 valence electrons. The van der Waals surface area contributed by atoms with Crippen molar-refractivity contribution in [2.45, 2.75) is 58.2 Å². The number of amides is 3. The van der Waals surface area contributed by atoms with E-state index in [0.717, 1.165) is 25.7 Å². The number of hydrogen-bond donors (Lipinski definition) is 2. The van der Waals surface area contributed by atoms with E-state index in [9.17, 15) is 19.2 Å². The molecule has 39 heavy (non-hydrogen) atoms. The minimum absolute atomic E-state index is 0.130. The Balaban J connectivity index is 1.32. The van der Waals surface area contributed by atoms with Crippen LogP contribution in [-0.4, -0.2) is 45.1 Å². The fraction of sp³-hybridized carbons (Fsp3) is 0.414. The smallest absolute Gasteiger partial charge is 0.331 e. The first-order valence-electron chi connectivity index (χ1n) is 13.4. The molecule has 1 aliphatic carbocycles. The molecule has 1 aromatic heterocycles. The highest BCUT2D eigenvalue weighted by atomic mass is 16.2. The number of aromatic nitrogens is 2. The van der Waals surface area contributed by atoms with Crippen LogP contribution in [0.5, 0.6) is 0 Å². The Bertz CT molecular complexity index is 1590.